The third-order valence-electron chi connectivity index (χ3n) is 7.87. The number of H-pyrrole nitrogens is 6. The molecule has 8 rings (SSSR count). The molecule has 2 unspecified atom stereocenters. The van der Waals surface area contributed by atoms with Crippen molar-refractivity contribution < 1.29 is 0 Å². The molecule has 0 bridgehead atoms. The summed E-state index contributed by atoms with van der Waals surface area (Å²) in [5, 5.41) is 11.5. The van der Waals surface area contributed by atoms with Crippen molar-refractivity contribution >= 4 is 11.4 Å². The van der Waals surface area contributed by atoms with Crippen LogP contribution in [0.15, 0.2) is 103 Å². The van der Waals surface area contributed by atoms with Gasteiger partial charge in [0.15, 0.2) is 0 Å². The second kappa shape index (κ2) is 9.31. The zero-order valence-corrected chi connectivity index (χ0v) is 22.5. The van der Waals surface area contributed by atoms with Crippen molar-refractivity contribution in [1.82, 2.24) is 40.5 Å². The van der Waals surface area contributed by atoms with E-state index in [0.29, 0.717) is 0 Å². The Bertz CT molecular complexity index is 2140. The fraction of sp³-hybridized carbons (Fsp3) is 0.0909. The molecule has 2 atom stereocenters. The molecule has 41 heavy (non-hydrogen) atoms. The van der Waals surface area contributed by atoms with E-state index in [2.05, 4.69) is 138 Å². The van der Waals surface area contributed by atoms with Crippen LogP contribution in [0.4, 0.5) is 0 Å². The summed E-state index contributed by atoms with van der Waals surface area (Å²) in [6.07, 6.45) is 10.6. The average molecular weight is 539 g/mol. The Kier molecular flexibility index (Phi) is 5.31. The lowest BCUT2D eigenvalue weighted by Crippen LogP contribution is -2.19. The third-order valence-corrected chi connectivity index (χ3v) is 7.87. The van der Waals surface area contributed by atoms with Crippen LogP contribution in [0.25, 0.3) is 34.2 Å². The molecule has 0 amide bonds. The van der Waals surface area contributed by atoms with Crippen LogP contribution in [0.3, 0.4) is 0 Å². The first-order chi connectivity index (χ1) is 20.2. The molecule has 0 saturated carbocycles. The van der Waals surface area contributed by atoms with E-state index in [1.807, 2.05) is 12.3 Å². The largest absolute Gasteiger partial charge is 0.372 e. The number of hydrogen-bond donors (Lipinski definition) is 8. The summed E-state index contributed by atoms with van der Waals surface area (Å²) in [5.74, 6) is 0. The predicted molar refractivity (Wildman–Crippen MR) is 161 cm³/mol. The van der Waals surface area contributed by atoms with Crippen LogP contribution < -0.4 is 21.3 Å². The standard InChI is InChI=1S/C33H30N8/c1-19-4-5-22(35-19)23-8-9-26(37-23)27-12-13-30(39-27)31-16-17-33(41-31)32-15-14-29(40-32)28-11-10-25(38-28)24-7-6-21(36-24)20-3-2-18-34-20/h2-18,25,27,34-41H,1H3/b29-28+,31-30+,33-32+. The molecule has 8 nitrogen and oxygen atoms in total. The first kappa shape index (κ1) is 23.4. The van der Waals surface area contributed by atoms with Crippen molar-refractivity contribution in [2.45, 2.75) is 19.0 Å². The van der Waals surface area contributed by atoms with Gasteiger partial charge < -0.3 is 40.5 Å². The lowest BCUT2D eigenvalue weighted by Gasteiger charge is -2.09. The molecule has 8 heterocycles. The van der Waals surface area contributed by atoms with Gasteiger partial charge in [-0.3, -0.25) is 0 Å². The van der Waals surface area contributed by atoms with Gasteiger partial charge in [-0.2, -0.15) is 0 Å². The highest BCUT2D eigenvalue weighted by Gasteiger charge is 2.18. The number of aryl methyl sites for hydroxylation is 1. The molecular weight excluding hydrogens is 508 g/mol. The summed E-state index contributed by atoms with van der Waals surface area (Å²) in [7, 11) is 0. The van der Waals surface area contributed by atoms with Gasteiger partial charge in [-0.15, -0.1) is 0 Å². The summed E-state index contributed by atoms with van der Waals surface area (Å²) in [6, 6.07) is 25.4. The van der Waals surface area contributed by atoms with Crippen LogP contribution in [0.5, 0.6) is 0 Å². The van der Waals surface area contributed by atoms with Crippen LogP contribution >= 0.6 is 0 Å². The van der Waals surface area contributed by atoms with Gasteiger partial charge in [0.1, 0.15) is 0 Å². The summed E-state index contributed by atoms with van der Waals surface area (Å²) in [4.78, 5) is 20.9. The van der Waals surface area contributed by atoms with Gasteiger partial charge in [-0.1, -0.05) is 12.2 Å². The van der Waals surface area contributed by atoms with Crippen LogP contribution in [0, 0.1) is 17.6 Å². The van der Waals surface area contributed by atoms with Crippen molar-refractivity contribution in [3.05, 3.63) is 142 Å². The molecule has 0 spiro atoms. The summed E-state index contributed by atoms with van der Waals surface area (Å²) < 4.78 is 0. The van der Waals surface area contributed by atoms with Crippen LogP contribution in [-0.4, -0.2) is 29.9 Å². The van der Waals surface area contributed by atoms with E-state index in [-0.39, 0.29) is 12.1 Å². The molecule has 2 aliphatic rings. The van der Waals surface area contributed by atoms with Crippen molar-refractivity contribution in [3.8, 4) is 22.8 Å². The fourth-order valence-electron chi connectivity index (χ4n) is 5.69. The van der Waals surface area contributed by atoms with Crippen LogP contribution in [-0.2, 0) is 0 Å². The Labute approximate surface area is 235 Å². The highest BCUT2D eigenvalue weighted by atomic mass is 15.0. The normalized spacial score (nSPS) is 21.5. The van der Waals surface area contributed by atoms with Gasteiger partial charge in [-0.25, -0.2) is 0 Å². The molecular formula is C33H30N8. The molecule has 6 aromatic rings. The smallest absolute Gasteiger partial charge is 0.0852 e. The van der Waals surface area contributed by atoms with E-state index in [9.17, 15) is 0 Å². The first-order valence-electron chi connectivity index (χ1n) is 13.9. The maximum absolute atomic E-state index is 3.63. The van der Waals surface area contributed by atoms with Gasteiger partial charge in [0.25, 0.3) is 0 Å². The average Bonchev–Trinajstić information content (AvgIpc) is 3.85. The van der Waals surface area contributed by atoms with Gasteiger partial charge in [-0.05, 0) is 91.9 Å². The summed E-state index contributed by atoms with van der Waals surface area (Å²) in [6.45, 7) is 2.07. The third kappa shape index (κ3) is 4.26. The minimum Gasteiger partial charge on any atom is -0.372 e. The summed E-state index contributed by atoms with van der Waals surface area (Å²) >= 11 is 0. The van der Waals surface area contributed by atoms with E-state index in [1.54, 1.807) is 0 Å². The molecule has 2 aliphatic heterocycles. The number of aromatic nitrogens is 6. The molecule has 8 heteroatoms. The van der Waals surface area contributed by atoms with E-state index in [0.717, 1.165) is 72.6 Å². The fourth-order valence-corrected chi connectivity index (χ4v) is 5.69. The molecule has 6 aromatic heterocycles. The number of rotatable bonds is 4. The topological polar surface area (TPSA) is 119 Å². The molecule has 202 valence electrons. The van der Waals surface area contributed by atoms with E-state index in [4.69, 9.17) is 0 Å². The zero-order valence-electron chi connectivity index (χ0n) is 22.5. The minimum atomic E-state index is 0.0989. The van der Waals surface area contributed by atoms with Crippen molar-refractivity contribution in [1.29, 1.82) is 0 Å². The van der Waals surface area contributed by atoms with E-state index in [1.165, 1.54) is 0 Å². The highest BCUT2D eigenvalue weighted by Crippen LogP contribution is 2.26. The second-order valence-electron chi connectivity index (χ2n) is 10.7. The Morgan fingerprint density at radius 1 is 0.488 bits per heavy atom. The number of nitrogens with one attached hydrogen (secondary N) is 8. The quantitative estimate of drug-likeness (QED) is 0.167. The molecule has 0 aromatic carbocycles. The lowest BCUT2D eigenvalue weighted by atomic mass is 10.2. The Hall–Kier alpha value is -5.50. The lowest BCUT2D eigenvalue weighted by molar-refractivity contribution is 0.774. The van der Waals surface area contributed by atoms with Crippen molar-refractivity contribution in [2.75, 3.05) is 0 Å². The van der Waals surface area contributed by atoms with Crippen LogP contribution in [0.2, 0.25) is 0 Å². The monoisotopic (exact) mass is 538 g/mol. The first-order valence-corrected chi connectivity index (χ1v) is 13.9. The molecule has 0 aliphatic carbocycles. The SMILES string of the molecule is Cc1ccc(-c2ccc(C3C=C/C(=c4/cc/c(=c5/cc/c(=C6/C=CC(c7ccc(-c8ccc[nH]8)[nH]7)N6)[nH]5)[nH]4)N3)[nH]2)[nH]1. The van der Waals surface area contributed by atoms with E-state index < -0.39 is 0 Å². The minimum absolute atomic E-state index is 0.0989. The van der Waals surface area contributed by atoms with Crippen molar-refractivity contribution in [3.63, 3.8) is 0 Å². The molecule has 0 saturated heterocycles. The van der Waals surface area contributed by atoms with Gasteiger partial charge in [0.05, 0.1) is 67.6 Å². The highest BCUT2D eigenvalue weighted by molar-refractivity contribution is 5.62. The van der Waals surface area contributed by atoms with Crippen LogP contribution in [0.1, 0.15) is 29.2 Å². The molecule has 0 fully saturated rings. The summed E-state index contributed by atoms with van der Waals surface area (Å²) in [5.41, 5.74) is 9.91. The second-order valence-corrected chi connectivity index (χ2v) is 10.7. The van der Waals surface area contributed by atoms with E-state index >= 15 is 0 Å². The number of aromatic amines is 6. The van der Waals surface area contributed by atoms with Gasteiger partial charge in [0.2, 0.25) is 0 Å². The Morgan fingerprint density at radius 2 is 1.02 bits per heavy atom. The zero-order chi connectivity index (χ0) is 27.3. The van der Waals surface area contributed by atoms with Crippen molar-refractivity contribution in [2.24, 2.45) is 0 Å². The van der Waals surface area contributed by atoms with Gasteiger partial charge in [0, 0.05) is 23.3 Å². The Morgan fingerprint density at radius 3 is 1.56 bits per heavy atom. The Balaban J connectivity index is 1.03. The number of hydrogen-bond acceptors (Lipinski definition) is 2. The maximum atomic E-state index is 3.63. The maximum Gasteiger partial charge on any atom is 0.0852 e. The molecule has 8 N–H and O–H groups in total. The molecule has 0 radical (unpaired) electrons. The van der Waals surface area contributed by atoms with Gasteiger partial charge >= 0.3 is 0 Å². The predicted octanol–water partition coefficient (Wildman–Crippen LogP) is 4.60.